The number of halogens is 2. The van der Waals surface area contributed by atoms with Gasteiger partial charge in [0.15, 0.2) is 11.7 Å². The molecule has 2 aromatic carbocycles. The van der Waals surface area contributed by atoms with Crippen molar-refractivity contribution < 1.29 is 22.7 Å². The highest BCUT2D eigenvalue weighted by Crippen LogP contribution is 2.38. The molecule has 10 heteroatoms. The van der Waals surface area contributed by atoms with E-state index in [-0.39, 0.29) is 40.6 Å². The lowest BCUT2D eigenvalue weighted by Crippen LogP contribution is -2.13. The summed E-state index contributed by atoms with van der Waals surface area (Å²) in [5.74, 6) is -0.377. The SMILES string of the molecule is NS(=O)(=O)c1ccccc1-c1nc(CCCC(=O)O)oc1-c1ccc(Cl)c(Cl)c1. The number of hydrogen-bond donors (Lipinski definition) is 2. The number of oxazole rings is 1. The standard InChI is InChI=1S/C19H16Cl2N2O5S/c20-13-9-8-11(10-14(13)21)19-18(23-16(28-19)6-3-7-17(24)25)12-4-1-2-5-15(12)29(22,26)27/h1-2,4-5,8-10H,3,6-7H2,(H,24,25)(H2,22,26,27). The molecular formula is C19H16Cl2N2O5S. The fourth-order valence-electron chi connectivity index (χ4n) is 2.79. The summed E-state index contributed by atoms with van der Waals surface area (Å²) in [7, 11) is -4.02. The molecule has 1 heterocycles. The summed E-state index contributed by atoms with van der Waals surface area (Å²) in [5, 5.41) is 14.8. The van der Waals surface area contributed by atoms with Crippen molar-refractivity contribution in [2.75, 3.05) is 0 Å². The number of aromatic nitrogens is 1. The van der Waals surface area contributed by atoms with Gasteiger partial charge in [0.05, 0.1) is 14.9 Å². The van der Waals surface area contributed by atoms with E-state index in [4.69, 9.17) is 37.9 Å². The molecule has 0 saturated carbocycles. The van der Waals surface area contributed by atoms with Crippen molar-refractivity contribution in [2.45, 2.75) is 24.2 Å². The molecule has 0 fully saturated rings. The van der Waals surface area contributed by atoms with Crippen molar-refractivity contribution >= 4 is 39.2 Å². The summed E-state index contributed by atoms with van der Waals surface area (Å²) in [4.78, 5) is 15.1. The first-order chi connectivity index (χ1) is 13.7. The Labute approximate surface area is 177 Å². The minimum absolute atomic E-state index is 0.0480. The number of benzene rings is 2. The summed E-state index contributed by atoms with van der Waals surface area (Å²) < 4.78 is 29.9. The van der Waals surface area contributed by atoms with Gasteiger partial charge in [0.2, 0.25) is 10.0 Å². The molecule has 0 aliphatic rings. The van der Waals surface area contributed by atoms with Gasteiger partial charge in [-0.05, 0) is 30.7 Å². The minimum atomic E-state index is -4.02. The first-order valence-electron chi connectivity index (χ1n) is 8.46. The Balaban J connectivity index is 2.16. The zero-order valence-electron chi connectivity index (χ0n) is 14.9. The lowest BCUT2D eigenvalue weighted by atomic mass is 10.1. The van der Waals surface area contributed by atoms with Crippen molar-refractivity contribution in [3.05, 3.63) is 58.4 Å². The number of rotatable bonds is 7. The topological polar surface area (TPSA) is 123 Å². The predicted molar refractivity (Wildman–Crippen MR) is 109 cm³/mol. The molecule has 0 unspecified atom stereocenters. The number of hydrogen-bond acceptors (Lipinski definition) is 5. The lowest BCUT2D eigenvalue weighted by Gasteiger charge is -2.07. The van der Waals surface area contributed by atoms with E-state index in [1.54, 1.807) is 36.4 Å². The normalized spacial score (nSPS) is 11.6. The van der Waals surface area contributed by atoms with Crippen LogP contribution in [0.15, 0.2) is 51.8 Å². The summed E-state index contributed by atoms with van der Waals surface area (Å²) >= 11 is 12.1. The van der Waals surface area contributed by atoms with Crippen LogP contribution >= 0.6 is 23.2 Å². The van der Waals surface area contributed by atoms with Crippen molar-refractivity contribution in [1.29, 1.82) is 0 Å². The Kier molecular flexibility index (Phi) is 6.28. The molecule has 1 aromatic heterocycles. The molecule has 152 valence electrons. The molecule has 29 heavy (non-hydrogen) atoms. The molecule has 3 N–H and O–H groups in total. The Morgan fingerprint density at radius 1 is 1.14 bits per heavy atom. The van der Waals surface area contributed by atoms with E-state index in [2.05, 4.69) is 4.98 Å². The third kappa shape index (κ3) is 4.97. The smallest absolute Gasteiger partial charge is 0.303 e. The van der Waals surface area contributed by atoms with E-state index in [0.717, 1.165) is 0 Å². The Bertz CT molecular complexity index is 1180. The summed E-state index contributed by atoms with van der Waals surface area (Å²) in [5.41, 5.74) is 1.07. The second kappa shape index (κ2) is 8.54. The molecule has 0 aliphatic heterocycles. The molecular weight excluding hydrogens is 439 g/mol. The predicted octanol–water partition coefficient (Wildman–Crippen LogP) is 4.37. The van der Waals surface area contributed by atoms with Crippen LogP contribution in [0.25, 0.3) is 22.6 Å². The molecule has 3 rings (SSSR count). The number of carbonyl (C=O) groups is 1. The third-order valence-electron chi connectivity index (χ3n) is 4.08. The maximum absolute atomic E-state index is 12.0. The van der Waals surface area contributed by atoms with E-state index >= 15 is 0 Å². The van der Waals surface area contributed by atoms with Crippen LogP contribution in [0.5, 0.6) is 0 Å². The Hall–Kier alpha value is -2.39. The molecule has 3 aromatic rings. The van der Waals surface area contributed by atoms with Gasteiger partial charge in [-0.1, -0.05) is 41.4 Å². The van der Waals surface area contributed by atoms with E-state index in [1.807, 2.05) is 0 Å². The summed E-state index contributed by atoms with van der Waals surface area (Å²) in [6.45, 7) is 0. The molecule has 0 aliphatic carbocycles. The zero-order valence-corrected chi connectivity index (χ0v) is 17.3. The van der Waals surface area contributed by atoms with Gasteiger partial charge in [-0.15, -0.1) is 0 Å². The third-order valence-corrected chi connectivity index (χ3v) is 5.79. The molecule has 0 radical (unpaired) electrons. The molecule has 0 saturated heterocycles. The van der Waals surface area contributed by atoms with Gasteiger partial charge in [-0.2, -0.15) is 0 Å². The minimum Gasteiger partial charge on any atom is -0.481 e. The second-order valence-corrected chi connectivity index (χ2v) is 8.55. The fraction of sp³-hybridized carbons (Fsp3) is 0.158. The number of carboxylic acid groups (broad SMARTS) is 1. The number of carboxylic acids is 1. The maximum Gasteiger partial charge on any atom is 0.303 e. The zero-order chi connectivity index (χ0) is 21.2. The van der Waals surface area contributed by atoms with Crippen LogP contribution in [0.3, 0.4) is 0 Å². The van der Waals surface area contributed by atoms with Gasteiger partial charge in [-0.25, -0.2) is 18.5 Å². The van der Waals surface area contributed by atoms with Crippen LogP contribution in [-0.2, 0) is 21.2 Å². The average Bonchev–Trinajstić information content (AvgIpc) is 3.07. The monoisotopic (exact) mass is 454 g/mol. The first-order valence-corrected chi connectivity index (χ1v) is 10.8. The van der Waals surface area contributed by atoms with E-state index < -0.39 is 16.0 Å². The second-order valence-electron chi connectivity index (χ2n) is 6.20. The number of aliphatic carboxylic acids is 1. The van der Waals surface area contributed by atoms with Crippen LogP contribution in [0.4, 0.5) is 0 Å². The number of primary sulfonamides is 1. The number of sulfonamides is 1. The fourth-order valence-corrected chi connectivity index (χ4v) is 3.83. The van der Waals surface area contributed by atoms with Gasteiger partial charge in [0.1, 0.15) is 5.69 Å². The highest BCUT2D eigenvalue weighted by molar-refractivity contribution is 7.89. The quantitative estimate of drug-likeness (QED) is 0.545. The average molecular weight is 455 g/mol. The number of nitrogens with zero attached hydrogens (tertiary/aromatic N) is 1. The van der Waals surface area contributed by atoms with Crippen LogP contribution in [0.2, 0.25) is 10.0 Å². The van der Waals surface area contributed by atoms with Gasteiger partial charge in [0.25, 0.3) is 0 Å². The highest BCUT2D eigenvalue weighted by Gasteiger charge is 2.23. The van der Waals surface area contributed by atoms with E-state index in [1.165, 1.54) is 6.07 Å². The number of aryl methyl sites for hydroxylation is 1. The van der Waals surface area contributed by atoms with Gasteiger partial charge < -0.3 is 9.52 Å². The van der Waals surface area contributed by atoms with Crippen molar-refractivity contribution in [1.82, 2.24) is 4.98 Å². The van der Waals surface area contributed by atoms with Crippen LogP contribution in [-0.4, -0.2) is 24.5 Å². The first kappa shape index (κ1) is 21.3. The number of nitrogens with two attached hydrogens (primary N) is 1. The summed E-state index contributed by atoms with van der Waals surface area (Å²) in [6.07, 6.45) is 0.526. The molecule has 7 nitrogen and oxygen atoms in total. The van der Waals surface area contributed by atoms with E-state index in [0.29, 0.717) is 22.0 Å². The lowest BCUT2D eigenvalue weighted by molar-refractivity contribution is -0.137. The van der Waals surface area contributed by atoms with Crippen molar-refractivity contribution in [2.24, 2.45) is 5.14 Å². The largest absolute Gasteiger partial charge is 0.481 e. The summed E-state index contributed by atoms with van der Waals surface area (Å²) in [6, 6.07) is 11.0. The van der Waals surface area contributed by atoms with Gasteiger partial charge >= 0.3 is 5.97 Å². The van der Waals surface area contributed by atoms with E-state index in [9.17, 15) is 13.2 Å². The highest BCUT2D eigenvalue weighted by atomic mass is 35.5. The van der Waals surface area contributed by atoms with Crippen molar-refractivity contribution in [3.8, 4) is 22.6 Å². The van der Waals surface area contributed by atoms with Crippen molar-refractivity contribution in [3.63, 3.8) is 0 Å². The van der Waals surface area contributed by atoms with Gasteiger partial charge in [-0.3, -0.25) is 4.79 Å². The Morgan fingerprint density at radius 3 is 2.52 bits per heavy atom. The molecule has 0 bridgehead atoms. The van der Waals surface area contributed by atoms with Crippen LogP contribution < -0.4 is 5.14 Å². The van der Waals surface area contributed by atoms with Crippen LogP contribution in [0, 0.1) is 0 Å². The Morgan fingerprint density at radius 2 is 1.86 bits per heavy atom. The molecule has 0 spiro atoms. The molecule has 0 atom stereocenters. The molecule has 0 amide bonds. The van der Waals surface area contributed by atoms with Gasteiger partial charge in [0, 0.05) is 24.0 Å². The maximum atomic E-state index is 12.0. The van der Waals surface area contributed by atoms with Crippen LogP contribution in [0.1, 0.15) is 18.7 Å².